The van der Waals surface area contributed by atoms with E-state index in [1.807, 2.05) is 0 Å². The zero-order valence-corrected chi connectivity index (χ0v) is 13.2. The molecular formula is C14H27BrN4. The van der Waals surface area contributed by atoms with Gasteiger partial charge in [0.05, 0.1) is 12.3 Å². The lowest BCUT2D eigenvalue weighted by molar-refractivity contribution is 0.154. The second-order valence-corrected chi connectivity index (χ2v) is 7.64. The zero-order chi connectivity index (χ0) is 13.1. The molecule has 5 heteroatoms. The Morgan fingerprint density at radius 1 is 0.632 bits per heavy atom. The Morgan fingerprint density at radius 2 is 1.16 bits per heavy atom. The van der Waals surface area contributed by atoms with Crippen molar-refractivity contribution in [1.82, 2.24) is 21.3 Å². The molecule has 4 N–H and O–H groups in total. The highest BCUT2D eigenvalue weighted by atomic mass is 79.9. The van der Waals surface area contributed by atoms with Crippen LogP contribution >= 0.6 is 15.9 Å². The Labute approximate surface area is 125 Å². The van der Waals surface area contributed by atoms with Gasteiger partial charge >= 0.3 is 0 Å². The summed E-state index contributed by atoms with van der Waals surface area (Å²) >= 11 is 3.64. The lowest BCUT2D eigenvalue weighted by Gasteiger charge is -2.42. The van der Waals surface area contributed by atoms with Crippen LogP contribution in [0.25, 0.3) is 0 Å². The van der Waals surface area contributed by atoms with Gasteiger partial charge in [-0.3, -0.25) is 21.3 Å². The maximum atomic E-state index is 3.70. The Hall–Kier alpha value is 0.320. The lowest BCUT2D eigenvalue weighted by atomic mass is 9.79. The molecule has 3 aliphatic rings. The smallest absolute Gasteiger partial charge is 0.0867 e. The van der Waals surface area contributed by atoms with E-state index in [1.165, 1.54) is 45.2 Å². The molecule has 0 aromatic rings. The fourth-order valence-electron chi connectivity index (χ4n) is 3.77. The molecule has 4 nitrogen and oxygen atoms in total. The van der Waals surface area contributed by atoms with Gasteiger partial charge in [-0.2, -0.15) is 0 Å². The third kappa shape index (κ3) is 3.70. The summed E-state index contributed by atoms with van der Waals surface area (Å²) < 4.78 is 0. The van der Waals surface area contributed by atoms with Crippen LogP contribution in [0.15, 0.2) is 0 Å². The second kappa shape index (κ2) is 6.85. The molecule has 0 aromatic heterocycles. The van der Waals surface area contributed by atoms with Gasteiger partial charge in [-0.05, 0) is 11.8 Å². The highest BCUT2D eigenvalue weighted by molar-refractivity contribution is 9.09. The highest BCUT2D eigenvalue weighted by Gasteiger charge is 2.32. The summed E-state index contributed by atoms with van der Waals surface area (Å²) in [5.41, 5.74) is 0. The fourth-order valence-corrected chi connectivity index (χ4v) is 4.14. The standard InChI is InChI=1S/C14H27BrN4/c15-12-8-18-14(19-9-12)13-16-6-11(7-17-13)10-4-2-1-3-5-10/h10-14,16-19H,1-9H2. The van der Waals surface area contributed by atoms with Crippen molar-refractivity contribution in [2.45, 2.75) is 49.3 Å². The van der Waals surface area contributed by atoms with Crippen molar-refractivity contribution in [3.8, 4) is 0 Å². The molecule has 1 aliphatic carbocycles. The summed E-state index contributed by atoms with van der Waals surface area (Å²) in [5.74, 6) is 1.79. The first-order valence-electron chi connectivity index (χ1n) is 7.90. The van der Waals surface area contributed by atoms with E-state index >= 15 is 0 Å². The van der Waals surface area contributed by atoms with Gasteiger partial charge in [0.2, 0.25) is 0 Å². The molecule has 19 heavy (non-hydrogen) atoms. The predicted octanol–water partition coefficient (Wildman–Crippen LogP) is 0.984. The summed E-state index contributed by atoms with van der Waals surface area (Å²) in [6.07, 6.45) is 7.98. The van der Waals surface area contributed by atoms with Crippen LogP contribution in [0.1, 0.15) is 32.1 Å². The molecule has 0 atom stereocenters. The normalized spacial score (nSPS) is 42.2. The van der Waals surface area contributed by atoms with Gasteiger partial charge in [0.15, 0.2) is 0 Å². The summed E-state index contributed by atoms with van der Waals surface area (Å²) in [6.45, 7) is 4.45. The number of alkyl halides is 1. The summed E-state index contributed by atoms with van der Waals surface area (Å²) in [4.78, 5) is 0.558. The number of hydrogen-bond acceptors (Lipinski definition) is 4. The molecule has 2 saturated heterocycles. The van der Waals surface area contributed by atoms with Crippen molar-refractivity contribution in [1.29, 1.82) is 0 Å². The van der Waals surface area contributed by atoms with E-state index < -0.39 is 0 Å². The van der Waals surface area contributed by atoms with E-state index in [2.05, 4.69) is 37.2 Å². The number of hydrogen-bond donors (Lipinski definition) is 4. The van der Waals surface area contributed by atoms with Gasteiger partial charge in [0, 0.05) is 31.0 Å². The topological polar surface area (TPSA) is 48.1 Å². The number of nitrogens with one attached hydrogen (secondary N) is 4. The summed E-state index contributed by atoms with van der Waals surface area (Å²) in [5, 5.41) is 14.5. The molecule has 1 saturated carbocycles. The molecular weight excluding hydrogens is 304 g/mol. The van der Waals surface area contributed by atoms with Crippen molar-refractivity contribution < 1.29 is 0 Å². The van der Waals surface area contributed by atoms with Gasteiger partial charge in [0.25, 0.3) is 0 Å². The largest absolute Gasteiger partial charge is 0.299 e. The Kier molecular flexibility index (Phi) is 5.14. The predicted molar refractivity (Wildman–Crippen MR) is 82.4 cm³/mol. The van der Waals surface area contributed by atoms with E-state index in [9.17, 15) is 0 Å². The van der Waals surface area contributed by atoms with Crippen LogP contribution in [-0.2, 0) is 0 Å². The van der Waals surface area contributed by atoms with Crippen LogP contribution in [0.3, 0.4) is 0 Å². The second-order valence-electron chi connectivity index (χ2n) is 6.34. The maximum Gasteiger partial charge on any atom is 0.0867 e. The van der Waals surface area contributed by atoms with E-state index in [0.29, 0.717) is 17.2 Å². The molecule has 2 heterocycles. The lowest BCUT2D eigenvalue weighted by Crippen LogP contribution is -2.69. The zero-order valence-electron chi connectivity index (χ0n) is 11.6. The molecule has 0 bridgehead atoms. The van der Waals surface area contributed by atoms with E-state index in [4.69, 9.17) is 0 Å². The first-order chi connectivity index (χ1) is 9.33. The van der Waals surface area contributed by atoms with Gasteiger partial charge in [-0.1, -0.05) is 48.0 Å². The molecule has 0 radical (unpaired) electrons. The molecule has 110 valence electrons. The minimum absolute atomic E-state index is 0.362. The van der Waals surface area contributed by atoms with Gasteiger partial charge in [-0.25, -0.2) is 0 Å². The average Bonchev–Trinajstić information content (AvgIpc) is 2.49. The fraction of sp³-hybridized carbons (Fsp3) is 1.00. The molecule has 0 aromatic carbocycles. The summed E-state index contributed by atoms with van der Waals surface area (Å²) in [7, 11) is 0. The maximum absolute atomic E-state index is 3.70. The number of halogens is 1. The van der Waals surface area contributed by atoms with Crippen molar-refractivity contribution >= 4 is 15.9 Å². The number of rotatable bonds is 2. The van der Waals surface area contributed by atoms with Crippen LogP contribution in [-0.4, -0.2) is 43.3 Å². The summed E-state index contributed by atoms with van der Waals surface area (Å²) in [6, 6.07) is 0. The monoisotopic (exact) mass is 330 g/mol. The Balaban J connectivity index is 1.44. The van der Waals surface area contributed by atoms with Crippen LogP contribution in [0, 0.1) is 11.8 Å². The van der Waals surface area contributed by atoms with Crippen molar-refractivity contribution in [2.75, 3.05) is 26.2 Å². The van der Waals surface area contributed by atoms with Crippen LogP contribution < -0.4 is 21.3 Å². The molecule has 3 fully saturated rings. The third-order valence-electron chi connectivity index (χ3n) is 4.97. The SMILES string of the molecule is BrC1CNC(C2NCC(C3CCCCC3)CN2)NC1. The van der Waals surface area contributed by atoms with Crippen molar-refractivity contribution in [3.63, 3.8) is 0 Å². The van der Waals surface area contributed by atoms with Crippen molar-refractivity contribution in [2.24, 2.45) is 11.8 Å². The highest BCUT2D eigenvalue weighted by Crippen LogP contribution is 2.30. The van der Waals surface area contributed by atoms with Gasteiger partial charge in [0.1, 0.15) is 0 Å². The van der Waals surface area contributed by atoms with Gasteiger partial charge < -0.3 is 0 Å². The minimum Gasteiger partial charge on any atom is -0.299 e. The first-order valence-corrected chi connectivity index (χ1v) is 8.82. The first kappa shape index (κ1) is 14.3. The average molecular weight is 331 g/mol. The molecule has 2 aliphatic heterocycles. The molecule has 0 unspecified atom stereocenters. The molecule has 0 spiro atoms. The molecule has 0 amide bonds. The Bertz CT molecular complexity index is 267. The van der Waals surface area contributed by atoms with E-state index in [1.54, 1.807) is 0 Å². The van der Waals surface area contributed by atoms with Gasteiger partial charge in [-0.15, -0.1) is 0 Å². The quantitative estimate of drug-likeness (QED) is 0.570. The van der Waals surface area contributed by atoms with Crippen LogP contribution in [0.2, 0.25) is 0 Å². The van der Waals surface area contributed by atoms with Crippen LogP contribution in [0.5, 0.6) is 0 Å². The van der Waals surface area contributed by atoms with Crippen molar-refractivity contribution in [3.05, 3.63) is 0 Å². The third-order valence-corrected chi connectivity index (χ3v) is 5.62. The van der Waals surface area contributed by atoms with E-state index in [0.717, 1.165) is 24.9 Å². The minimum atomic E-state index is 0.362. The van der Waals surface area contributed by atoms with E-state index in [-0.39, 0.29) is 0 Å². The molecule has 3 rings (SSSR count). The Morgan fingerprint density at radius 3 is 1.74 bits per heavy atom. The van der Waals surface area contributed by atoms with Crippen LogP contribution in [0.4, 0.5) is 0 Å².